The van der Waals surface area contributed by atoms with E-state index < -0.39 is 12.2 Å². The lowest BCUT2D eigenvalue weighted by Crippen LogP contribution is -2.22. The van der Waals surface area contributed by atoms with Gasteiger partial charge in [-0.2, -0.15) is 0 Å². The number of hydrogen-bond donors (Lipinski definition) is 4. The van der Waals surface area contributed by atoms with E-state index in [0.717, 1.165) is 11.1 Å². The Morgan fingerprint density at radius 2 is 1.10 bits per heavy atom. The van der Waals surface area contributed by atoms with Crippen LogP contribution < -0.4 is 23.7 Å². The second kappa shape index (κ2) is 13.4. The van der Waals surface area contributed by atoms with Crippen molar-refractivity contribution in [1.29, 1.82) is 0 Å². The zero-order chi connectivity index (χ0) is 29.6. The Morgan fingerprint density at radius 1 is 0.600 bits per heavy atom. The van der Waals surface area contributed by atoms with Crippen LogP contribution in [0.5, 0.6) is 46.0 Å². The third-order valence-electron chi connectivity index (χ3n) is 7.21. The molecule has 0 aliphatic heterocycles. The molecular weight excluding hydrogens is 516 g/mol. The minimum atomic E-state index is -1.06. The van der Waals surface area contributed by atoms with Crippen molar-refractivity contribution in [2.24, 2.45) is 11.8 Å². The van der Waals surface area contributed by atoms with E-state index in [2.05, 4.69) is 13.8 Å². The fraction of sp³-hybridized carbons (Fsp3) is 0.419. The lowest BCUT2D eigenvalue weighted by Gasteiger charge is -2.24. The van der Waals surface area contributed by atoms with Crippen molar-refractivity contribution in [1.82, 2.24) is 0 Å². The van der Waals surface area contributed by atoms with Crippen LogP contribution in [0.4, 0.5) is 0 Å². The Hall–Kier alpha value is -3.98. The summed E-state index contributed by atoms with van der Waals surface area (Å²) in [6.45, 7) is 5.93. The normalized spacial score (nSPS) is 14.1. The molecule has 3 aromatic rings. The number of phenols is 3. The molecule has 2 unspecified atom stereocenters. The summed E-state index contributed by atoms with van der Waals surface area (Å²) in [6.07, 6.45) is -0.445. The molecule has 4 N–H and O–H groups in total. The van der Waals surface area contributed by atoms with Gasteiger partial charge in [-0.15, -0.1) is 0 Å². The third kappa shape index (κ3) is 6.96. The molecule has 9 nitrogen and oxygen atoms in total. The molecule has 218 valence electrons. The lowest BCUT2D eigenvalue weighted by molar-refractivity contribution is 0.0433. The maximum Gasteiger partial charge on any atom is 0.203 e. The van der Waals surface area contributed by atoms with Crippen LogP contribution in [0.25, 0.3) is 0 Å². The molecule has 9 heteroatoms. The van der Waals surface area contributed by atoms with E-state index >= 15 is 0 Å². The molecule has 0 aliphatic carbocycles. The quantitative estimate of drug-likeness (QED) is 0.219. The Kier molecular flexibility index (Phi) is 10.2. The van der Waals surface area contributed by atoms with Crippen LogP contribution in [0.1, 0.15) is 43.6 Å². The summed E-state index contributed by atoms with van der Waals surface area (Å²) in [6, 6.07) is 11.6. The Bertz CT molecular complexity index is 1290. The molecule has 0 aromatic heterocycles. The first-order chi connectivity index (χ1) is 19.0. The van der Waals surface area contributed by atoms with Gasteiger partial charge in [0.1, 0.15) is 12.2 Å². The number of aliphatic hydroxyl groups excluding tert-OH is 1. The van der Waals surface area contributed by atoms with Crippen molar-refractivity contribution in [2.45, 2.75) is 45.8 Å². The molecule has 0 saturated heterocycles. The summed E-state index contributed by atoms with van der Waals surface area (Å²) >= 11 is 0. The zero-order valence-electron chi connectivity index (χ0n) is 24.1. The first kappa shape index (κ1) is 30.6. The molecule has 0 spiro atoms. The minimum absolute atomic E-state index is 0.0332. The Labute approximate surface area is 235 Å². The molecule has 40 heavy (non-hydrogen) atoms. The number of rotatable bonds is 13. The average molecular weight is 557 g/mol. The maximum absolute atomic E-state index is 10.9. The van der Waals surface area contributed by atoms with Crippen LogP contribution in [0.3, 0.4) is 0 Å². The number of aromatic hydroxyl groups is 3. The van der Waals surface area contributed by atoms with Gasteiger partial charge in [0, 0.05) is 0 Å². The van der Waals surface area contributed by atoms with Gasteiger partial charge in [-0.3, -0.25) is 0 Å². The minimum Gasteiger partial charge on any atom is -0.504 e. The first-order valence-electron chi connectivity index (χ1n) is 13.1. The summed E-state index contributed by atoms with van der Waals surface area (Å²) in [5, 5.41) is 41.8. The van der Waals surface area contributed by atoms with E-state index in [-0.39, 0.29) is 40.6 Å². The van der Waals surface area contributed by atoms with Gasteiger partial charge in [-0.05, 0) is 84.7 Å². The van der Waals surface area contributed by atoms with Crippen molar-refractivity contribution >= 4 is 0 Å². The van der Waals surface area contributed by atoms with Crippen LogP contribution in [-0.4, -0.2) is 55.0 Å². The maximum atomic E-state index is 10.9. The summed E-state index contributed by atoms with van der Waals surface area (Å²) in [5.41, 5.74) is 2.29. The van der Waals surface area contributed by atoms with Gasteiger partial charge in [-0.1, -0.05) is 19.9 Å². The summed E-state index contributed by atoms with van der Waals surface area (Å²) in [4.78, 5) is 0. The van der Waals surface area contributed by atoms with Gasteiger partial charge < -0.3 is 44.1 Å². The van der Waals surface area contributed by atoms with Crippen LogP contribution >= 0.6 is 0 Å². The molecule has 0 fully saturated rings. The molecular formula is C31H40O9. The zero-order valence-corrected chi connectivity index (χ0v) is 24.1. The SMILES string of the molecule is COc1cc([C@H](O)[C@@H](C)Oc2c(O)cc(CC(C)C(C)Cc3cc(O)c(OC)c(OC)c3)cc2OC)ccc1O. The van der Waals surface area contributed by atoms with Gasteiger partial charge in [0.2, 0.25) is 11.5 Å². The molecule has 3 aromatic carbocycles. The van der Waals surface area contributed by atoms with Crippen molar-refractivity contribution in [3.63, 3.8) is 0 Å². The molecule has 0 radical (unpaired) electrons. The number of hydrogen-bond acceptors (Lipinski definition) is 9. The topological polar surface area (TPSA) is 127 Å². The summed E-state index contributed by atoms with van der Waals surface area (Å²) in [5.74, 6) is 1.86. The van der Waals surface area contributed by atoms with Crippen molar-refractivity contribution in [2.75, 3.05) is 28.4 Å². The smallest absolute Gasteiger partial charge is 0.203 e. The van der Waals surface area contributed by atoms with Crippen LogP contribution in [0.2, 0.25) is 0 Å². The predicted octanol–water partition coefficient (Wildman–Crippen LogP) is 5.40. The highest BCUT2D eigenvalue weighted by molar-refractivity contribution is 5.54. The van der Waals surface area contributed by atoms with Crippen LogP contribution in [0.15, 0.2) is 42.5 Å². The first-order valence-corrected chi connectivity index (χ1v) is 13.1. The van der Waals surface area contributed by atoms with Crippen molar-refractivity contribution in [3.05, 3.63) is 59.2 Å². The van der Waals surface area contributed by atoms with Crippen LogP contribution in [-0.2, 0) is 12.8 Å². The number of phenolic OH excluding ortho intramolecular Hbond substituents is 3. The van der Waals surface area contributed by atoms with Crippen molar-refractivity contribution in [3.8, 4) is 46.0 Å². The Balaban J connectivity index is 1.73. The average Bonchev–Trinajstić information content (AvgIpc) is 2.93. The molecule has 0 bridgehead atoms. The fourth-order valence-corrected chi connectivity index (χ4v) is 4.69. The van der Waals surface area contributed by atoms with Gasteiger partial charge in [0.15, 0.2) is 34.5 Å². The van der Waals surface area contributed by atoms with E-state index in [1.54, 1.807) is 25.1 Å². The largest absolute Gasteiger partial charge is 0.504 e. The van der Waals surface area contributed by atoms with Crippen LogP contribution in [0, 0.1) is 11.8 Å². The molecule has 4 atom stereocenters. The van der Waals surface area contributed by atoms with E-state index in [0.29, 0.717) is 35.7 Å². The van der Waals surface area contributed by atoms with Gasteiger partial charge in [0.25, 0.3) is 0 Å². The second-order valence-corrected chi connectivity index (χ2v) is 10.1. The summed E-state index contributed by atoms with van der Waals surface area (Å²) < 4.78 is 27.2. The predicted molar refractivity (Wildman–Crippen MR) is 151 cm³/mol. The number of ether oxygens (including phenoxy) is 5. The fourth-order valence-electron chi connectivity index (χ4n) is 4.69. The second-order valence-electron chi connectivity index (χ2n) is 10.1. The number of methoxy groups -OCH3 is 4. The molecule has 0 saturated carbocycles. The molecule has 0 heterocycles. The van der Waals surface area contributed by atoms with E-state index in [1.165, 1.54) is 40.6 Å². The van der Waals surface area contributed by atoms with E-state index in [4.69, 9.17) is 23.7 Å². The highest BCUT2D eigenvalue weighted by atomic mass is 16.5. The van der Waals surface area contributed by atoms with Gasteiger partial charge in [0.05, 0.1) is 28.4 Å². The summed E-state index contributed by atoms with van der Waals surface area (Å²) in [7, 11) is 5.94. The molecule has 0 aliphatic rings. The monoisotopic (exact) mass is 556 g/mol. The van der Waals surface area contributed by atoms with Crippen molar-refractivity contribution < 1.29 is 44.1 Å². The van der Waals surface area contributed by atoms with E-state index in [9.17, 15) is 20.4 Å². The standard InChI is InChI=1S/C31H40O9/c1-17(10-20-12-24(33)30(39-7)27(14-20)37-5)18(2)11-21-13-25(34)31(28(15-21)38-6)40-19(3)29(35)22-8-9-23(32)26(16-22)36-4/h8-9,12-19,29,32-35H,10-11H2,1-7H3/t17?,18?,19-,29-/m1/s1. The molecule has 3 rings (SSSR count). The molecule has 0 amide bonds. The van der Waals surface area contributed by atoms with Gasteiger partial charge >= 0.3 is 0 Å². The lowest BCUT2D eigenvalue weighted by atomic mass is 9.85. The van der Waals surface area contributed by atoms with E-state index in [1.807, 2.05) is 12.1 Å². The highest BCUT2D eigenvalue weighted by Gasteiger charge is 2.24. The third-order valence-corrected chi connectivity index (χ3v) is 7.21. The number of aliphatic hydroxyl groups is 1. The highest BCUT2D eigenvalue weighted by Crippen LogP contribution is 2.42. The van der Waals surface area contributed by atoms with Gasteiger partial charge in [-0.25, -0.2) is 0 Å². The number of benzene rings is 3. The Morgan fingerprint density at radius 3 is 1.60 bits per heavy atom.